The second kappa shape index (κ2) is 54.7. The van der Waals surface area contributed by atoms with E-state index in [1.54, 1.807) is 0 Å². The van der Waals surface area contributed by atoms with Crippen LogP contribution in [0, 0.1) is 0 Å². The van der Waals surface area contributed by atoms with Crippen LogP contribution in [0.1, 0.15) is 278 Å². The van der Waals surface area contributed by atoms with E-state index in [4.69, 9.17) is 23.3 Å². The van der Waals surface area contributed by atoms with Crippen LogP contribution in [0.15, 0.2) is 48.6 Å². The molecule has 0 bridgehead atoms. The summed E-state index contributed by atoms with van der Waals surface area (Å²) in [7, 11) is -4.75. The lowest BCUT2D eigenvalue weighted by Crippen LogP contribution is -2.30. The van der Waals surface area contributed by atoms with E-state index in [1.807, 2.05) is 0 Å². The average Bonchev–Trinajstić information content (AvgIpc) is 3.37. The van der Waals surface area contributed by atoms with Gasteiger partial charge in [0.2, 0.25) is 0 Å². The number of unbranched alkanes of at least 4 members (excludes halogenated alkanes) is 30. The van der Waals surface area contributed by atoms with E-state index in [2.05, 4.69) is 69.4 Å². The van der Waals surface area contributed by atoms with Gasteiger partial charge in [-0.3, -0.25) is 23.4 Å². The Morgan fingerprint density at radius 3 is 1.14 bits per heavy atom. The van der Waals surface area contributed by atoms with Crippen molar-refractivity contribution < 1.29 is 52.2 Å². The third-order valence-corrected chi connectivity index (χ3v) is 13.7. The molecule has 0 fully saturated rings. The summed E-state index contributed by atoms with van der Waals surface area (Å²) in [5.74, 6) is -1.47. The first kappa shape index (κ1) is 69.4. The molecule has 0 radical (unpaired) electrons. The first-order chi connectivity index (χ1) is 35.2. The van der Waals surface area contributed by atoms with Crippen LogP contribution in [0.2, 0.25) is 0 Å². The number of carbonyl (C=O) groups is 3. The summed E-state index contributed by atoms with van der Waals surface area (Å²) in [6, 6.07) is 0. The quantitative estimate of drug-likeness (QED) is 0.0197. The van der Waals surface area contributed by atoms with Crippen molar-refractivity contribution >= 4 is 25.7 Å². The number of ether oxygens (including phenoxy) is 3. The molecule has 0 aliphatic rings. The van der Waals surface area contributed by atoms with E-state index in [-0.39, 0.29) is 25.9 Å². The van der Waals surface area contributed by atoms with Gasteiger partial charge in [-0.15, -0.1) is 0 Å². The fourth-order valence-corrected chi connectivity index (χ4v) is 9.03. The third-order valence-electron chi connectivity index (χ3n) is 12.7. The molecule has 0 aromatic carbocycles. The molecule has 0 heterocycles. The van der Waals surface area contributed by atoms with Gasteiger partial charge in [0, 0.05) is 19.3 Å². The van der Waals surface area contributed by atoms with Gasteiger partial charge < -0.3 is 24.2 Å². The van der Waals surface area contributed by atoms with Crippen molar-refractivity contribution in [1.29, 1.82) is 0 Å². The van der Waals surface area contributed by atoms with E-state index in [9.17, 15) is 28.9 Å². The highest BCUT2D eigenvalue weighted by Crippen LogP contribution is 2.43. The second-order valence-corrected chi connectivity index (χ2v) is 21.2. The number of aliphatic hydroxyl groups excluding tert-OH is 1. The first-order valence-electron chi connectivity index (χ1n) is 29.5. The Labute approximate surface area is 441 Å². The van der Waals surface area contributed by atoms with E-state index in [0.717, 1.165) is 109 Å². The van der Waals surface area contributed by atoms with Gasteiger partial charge in [0.05, 0.1) is 19.8 Å². The number of rotatable bonds is 55. The zero-order chi connectivity index (χ0) is 52.7. The maximum absolute atomic E-state index is 12.9. The van der Waals surface area contributed by atoms with Gasteiger partial charge in [-0.05, 0) is 77.0 Å². The Morgan fingerprint density at radius 2 is 0.722 bits per heavy atom. The molecule has 11 nitrogen and oxygen atoms in total. The van der Waals surface area contributed by atoms with Gasteiger partial charge in [0.25, 0.3) is 0 Å². The summed E-state index contributed by atoms with van der Waals surface area (Å²) in [4.78, 5) is 48.5. The Hall–Kier alpha value is -2.56. The van der Waals surface area contributed by atoms with Gasteiger partial charge in [0.1, 0.15) is 12.7 Å². The van der Waals surface area contributed by atoms with Crippen molar-refractivity contribution in [3.8, 4) is 0 Å². The Bertz CT molecular complexity index is 1400. The molecule has 0 amide bonds. The number of hydrogen-bond acceptors (Lipinski definition) is 10. The maximum Gasteiger partial charge on any atom is 0.472 e. The Morgan fingerprint density at radius 1 is 0.403 bits per heavy atom. The molecule has 3 unspecified atom stereocenters. The molecular formula is C60H109O11P. The topological polar surface area (TPSA) is 155 Å². The van der Waals surface area contributed by atoms with Crippen molar-refractivity contribution in [2.24, 2.45) is 0 Å². The van der Waals surface area contributed by atoms with E-state index in [0.29, 0.717) is 19.3 Å². The minimum atomic E-state index is -4.75. The van der Waals surface area contributed by atoms with Gasteiger partial charge in [-0.1, -0.05) is 230 Å². The lowest BCUT2D eigenvalue weighted by Gasteiger charge is -2.21. The van der Waals surface area contributed by atoms with Crippen molar-refractivity contribution in [2.45, 2.75) is 290 Å². The molecule has 72 heavy (non-hydrogen) atoms. The molecule has 0 aliphatic heterocycles. The number of esters is 3. The Balaban J connectivity index is 4.72. The highest BCUT2D eigenvalue weighted by atomic mass is 31.2. The predicted molar refractivity (Wildman–Crippen MR) is 298 cm³/mol. The highest BCUT2D eigenvalue weighted by molar-refractivity contribution is 7.47. The largest absolute Gasteiger partial charge is 0.472 e. The lowest BCUT2D eigenvalue weighted by atomic mass is 10.0. The molecule has 420 valence electrons. The fourth-order valence-electron chi connectivity index (χ4n) is 8.25. The van der Waals surface area contributed by atoms with Crippen molar-refractivity contribution in [3.63, 3.8) is 0 Å². The molecule has 0 spiro atoms. The average molecular weight is 1040 g/mol. The first-order valence-corrected chi connectivity index (χ1v) is 31.0. The zero-order valence-corrected chi connectivity index (χ0v) is 47.3. The summed E-state index contributed by atoms with van der Waals surface area (Å²) in [5, 5.41) is 9.81. The van der Waals surface area contributed by atoms with Crippen LogP contribution in [0.3, 0.4) is 0 Å². The van der Waals surface area contributed by atoms with Gasteiger partial charge in [0.15, 0.2) is 6.10 Å². The molecule has 2 N–H and O–H groups in total. The maximum atomic E-state index is 12.9. The third kappa shape index (κ3) is 52.3. The predicted octanol–water partition coefficient (Wildman–Crippen LogP) is 17.4. The van der Waals surface area contributed by atoms with E-state index >= 15 is 0 Å². The number of phosphoric ester groups is 1. The van der Waals surface area contributed by atoms with Crippen molar-refractivity contribution in [2.75, 3.05) is 26.4 Å². The van der Waals surface area contributed by atoms with Crippen LogP contribution in [-0.4, -0.2) is 66.5 Å². The van der Waals surface area contributed by atoms with Crippen LogP contribution >= 0.6 is 7.82 Å². The number of hydrogen-bond donors (Lipinski definition) is 2. The molecule has 0 aliphatic carbocycles. The summed E-state index contributed by atoms with van der Waals surface area (Å²) in [5.41, 5.74) is 0. The summed E-state index contributed by atoms with van der Waals surface area (Å²) in [6.07, 6.45) is 57.8. The summed E-state index contributed by atoms with van der Waals surface area (Å²) < 4.78 is 39.5. The van der Waals surface area contributed by atoms with E-state index in [1.165, 1.54) is 109 Å². The zero-order valence-electron chi connectivity index (χ0n) is 46.4. The number of carbonyl (C=O) groups excluding carboxylic acids is 3. The molecule has 0 aromatic heterocycles. The minimum absolute atomic E-state index is 0.158. The van der Waals surface area contributed by atoms with Crippen LogP contribution in [-0.2, 0) is 42.2 Å². The molecular weight excluding hydrogens is 928 g/mol. The highest BCUT2D eigenvalue weighted by Gasteiger charge is 2.28. The fraction of sp³-hybridized carbons (Fsp3) is 0.817. The van der Waals surface area contributed by atoms with Gasteiger partial charge >= 0.3 is 25.7 Å². The summed E-state index contributed by atoms with van der Waals surface area (Å²) in [6.45, 7) is 4.53. The van der Waals surface area contributed by atoms with Crippen LogP contribution in [0.25, 0.3) is 0 Å². The van der Waals surface area contributed by atoms with Crippen LogP contribution < -0.4 is 0 Å². The molecule has 0 saturated heterocycles. The SMILES string of the molecule is CC/C=C\C/C=C\C/C=C\CCCCCCCCCC(=O)OC(COC(=O)CCCCCCCCCCCCCCCCC)COP(=O)(O)OCC(CO)OC(=O)CCCCCCC/C=C\CCCCCC. The molecule has 3 atom stereocenters. The molecule has 0 aromatic rings. The van der Waals surface area contributed by atoms with Crippen LogP contribution in [0.4, 0.5) is 0 Å². The van der Waals surface area contributed by atoms with Gasteiger partial charge in [-0.2, -0.15) is 0 Å². The van der Waals surface area contributed by atoms with E-state index < -0.39 is 57.8 Å². The van der Waals surface area contributed by atoms with Crippen molar-refractivity contribution in [1.82, 2.24) is 0 Å². The summed E-state index contributed by atoms with van der Waals surface area (Å²) >= 11 is 0. The minimum Gasteiger partial charge on any atom is -0.462 e. The van der Waals surface area contributed by atoms with Gasteiger partial charge in [-0.25, -0.2) is 4.57 Å². The standard InChI is InChI=1S/C60H109O11P/c1-4-7-10-13-16-19-22-25-27-28-30-33-36-39-42-45-48-51-60(64)71-57(53-67-58(62)49-46-43-40-37-34-32-29-26-23-20-17-14-11-8-5-2)55-69-72(65,66)68-54-56(52-61)70-59(63)50-47-44-41-38-35-31-24-21-18-15-12-9-6-3/h7,10,16,19,21,24-25,27,56-57,61H,4-6,8-9,11-15,17-18,20,22-23,26,28-55H2,1-3H3,(H,65,66)/b10-7-,19-16-,24-21-,27-25-. The monoisotopic (exact) mass is 1040 g/mol. The molecule has 0 saturated carbocycles. The second-order valence-electron chi connectivity index (χ2n) is 19.8. The lowest BCUT2D eigenvalue weighted by molar-refractivity contribution is -0.161. The number of phosphoric acid groups is 1. The van der Waals surface area contributed by atoms with Crippen LogP contribution in [0.5, 0.6) is 0 Å². The number of aliphatic hydroxyl groups is 1. The molecule has 0 rings (SSSR count). The smallest absolute Gasteiger partial charge is 0.462 e. The van der Waals surface area contributed by atoms with Crippen molar-refractivity contribution in [3.05, 3.63) is 48.6 Å². The molecule has 12 heteroatoms. The normalized spacial score (nSPS) is 13.7. The Kier molecular flexibility index (Phi) is 52.7. The number of allylic oxidation sites excluding steroid dienone is 8.